The van der Waals surface area contributed by atoms with Gasteiger partial charge in [0.25, 0.3) is 5.91 Å². The lowest BCUT2D eigenvalue weighted by molar-refractivity contribution is -0.132. The van der Waals surface area contributed by atoms with E-state index in [-0.39, 0.29) is 12.5 Å². The highest BCUT2D eigenvalue weighted by molar-refractivity contribution is 9.10. The summed E-state index contributed by atoms with van der Waals surface area (Å²) >= 11 is 3.32. The molecule has 0 aliphatic carbocycles. The fraction of sp³-hybridized carbons (Fsp3) is 0.375. The number of carbonyl (C=O) groups excluding carboxylic acids is 2. The van der Waals surface area contributed by atoms with Crippen molar-refractivity contribution in [3.05, 3.63) is 40.4 Å². The Kier molecular flexibility index (Phi) is 7.11. The lowest BCUT2D eigenvalue weighted by Gasteiger charge is -2.21. The molecule has 0 bridgehead atoms. The van der Waals surface area contributed by atoms with Gasteiger partial charge in [-0.25, -0.2) is 4.79 Å². The maximum absolute atomic E-state index is 12.1. The smallest absolute Gasteiger partial charge is 0.337 e. The van der Waals surface area contributed by atoms with E-state index in [4.69, 9.17) is 4.74 Å². The van der Waals surface area contributed by atoms with E-state index in [0.717, 1.165) is 5.57 Å². The second kappa shape index (κ2) is 8.58. The van der Waals surface area contributed by atoms with Crippen molar-refractivity contribution in [2.45, 2.75) is 13.8 Å². The fourth-order valence-electron chi connectivity index (χ4n) is 1.80. The van der Waals surface area contributed by atoms with Gasteiger partial charge in [-0.15, -0.1) is 0 Å². The summed E-state index contributed by atoms with van der Waals surface area (Å²) < 4.78 is 10.7. The highest BCUT2D eigenvalue weighted by Crippen LogP contribution is 2.26. The number of hydrogen-bond donors (Lipinski definition) is 0. The molecular weight excluding hydrogens is 350 g/mol. The molecule has 6 heteroatoms. The highest BCUT2D eigenvalue weighted by Gasteiger charge is 2.14. The number of hydrogen-bond acceptors (Lipinski definition) is 4. The molecule has 0 saturated carbocycles. The Morgan fingerprint density at radius 2 is 2.05 bits per heavy atom. The van der Waals surface area contributed by atoms with E-state index < -0.39 is 5.97 Å². The Bertz CT molecular complexity index is 571. The molecule has 120 valence electrons. The predicted octanol–water partition coefficient (Wildman–Crippen LogP) is 3.04. The number of halogens is 1. The van der Waals surface area contributed by atoms with Gasteiger partial charge in [0.05, 0.1) is 17.1 Å². The van der Waals surface area contributed by atoms with Gasteiger partial charge in [-0.2, -0.15) is 0 Å². The maximum Gasteiger partial charge on any atom is 0.337 e. The molecule has 0 unspecified atom stereocenters. The van der Waals surface area contributed by atoms with Crippen LogP contribution in [0.15, 0.2) is 34.8 Å². The molecule has 0 radical (unpaired) electrons. The summed E-state index contributed by atoms with van der Waals surface area (Å²) in [6, 6.07) is 4.80. The van der Waals surface area contributed by atoms with E-state index >= 15 is 0 Å². The van der Waals surface area contributed by atoms with Gasteiger partial charge in [-0.05, 0) is 48.0 Å². The van der Waals surface area contributed by atoms with Crippen molar-refractivity contribution in [3.63, 3.8) is 0 Å². The molecule has 0 N–H and O–H groups in total. The van der Waals surface area contributed by atoms with Gasteiger partial charge in [-0.3, -0.25) is 4.79 Å². The molecule has 1 aromatic rings. The number of rotatable bonds is 7. The maximum atomic E-state index is 12.1. The van der Waals surface area contributed by atoms with Gasteiger partial charge in [-0.1, -0.05) is 12.2 Å². The van der Waals surface area contributed by atoms with Gasteiger partial charge in [0, 0.05) is 13.1 Å². The highest BCUT2D eigenvalue weighted by atomic mass is 79.9. The molecule has 5 nitrogen and oxygen atoms in total. The number of amides is 1. The number of ether oxygens (including phenoxy) is 2. The Labute approximate surface area is 139 Å². The minimum Gasteiger partial charge on any atom is -0.483 e. The van der Waals surface area contributed by atoms with Crippen LogP contribution in [0.5, 0.6) is 5.75 Å². The molecule has 0 aliphatic rings. The monoisotopic (exact) mass is 369 g/mol. The number of nitrogens with zero attached hydrogens (tertiary/aromatic N) is 1. The molecule has 0 aromatic heterocycles. The third kappa shape index (κ3) is 5.18. The molecule has 0 saturated heterocycles. The lowest BCUT2D eigenvalue weighted by Crippen LogP contribution is -2.35. The van der Waals surface area contributed by atoms with Gasteiger partial charge >= 0.3 is 5.97 Å². The van der Waals surface area contributed by atoms with Gasteiger partial charge in [0.2, 0.25) is 0 Å². The molecule has 1 amide bonds. The minimum atomic E-state index is -0.429. The van der Waals surface area contributed by atoms with Crippen LogP contribution >= 0.6 is 15.9 Å². The first-order chi connectivity index (χ1) is 10.4. The summed E-state index contributed by atoms with van der Waals surface area (Å²) in [5, 5.41) is 0. The molecule has 0 heterocycles. The van der Waals surface area contributed by atoms with Crippen LogP contribution in [0.25, 0.3) is 0 Å². The van der Waals surface area contributed by atoms with Crippen molar-refractivity contribution in [2.24, 2.45) is 0 Å². The van der Waals surface area contributed by atoms with Crippen LogP contribution < -0.4 is 4.74 Å². The largest absolute Gasteiger partial charge is 0.483 e. The van der Waals surface area contributed by atoms with Crippen molar-refractivity contribution in [1.82, 2.24) is 4.90 Å². The summed E-state index contributed by atoms with van der Waals surface area (Å²) in [5.74, 6) is -0.0521. The van der Waals surface area contributed by atoms with Crippen molar-refractivity contribution in [3.8, 4) is 5.75 Å². The van der Waals surface area contributed by atoms with Crippen LogP contribution in [0.4, 0.5) is 0 Å². The Morgan fingerprint density at radius 3 is 2.55 bits per heavy atom. The van der Waals surface area contributed by atoms with E-state index in [0.29, 0.717) is 28.9 Å². The second-order valence-electron chi connectivity index (χ2n) is 4.79. The Balaban J connectivity index is 2.69. The molecule has 0 atom stereocenters. The van der Waals surface area contributed by atoms with Crippen molar-refractivity contribution in [2.75, 3.05) is 26.8 Å². The van der Waals surface area contributed by atoms with Gasteiger partial charge in [0.1, 0.15) is 5.75 Å². The quantitative estimate of drug-likeness (QED) is 0.547. The molecule has 0 fully saturated rings. The summed E-state index contributed by atoms with van der Waals surface area (Å²) in [4.78, 5) is 25.2. The first-order valence-electron chi connectivity index (χ1n) is 6.81. The first-order valence-corrected chi connectivity index (χ1v) is 7.61. The standard InChI is InChI=1S/C16H20BrNO4/c1-5-18(9-11(2)3)15(19)10-22-14-7-6-12(8-13(14)17)16(20)21-4/h6-8H,2,5,9-10H2,1,3-4H3. The Morgan fingerprint density at radius 1 is 1.36 bits per heavy atom. The zero-order valence-corrected chi connectivity index (χ0v) is 14.6. The van der Waals surface area contributed by atoms with Crippen molar-refractivity contribution in [1.29, 1.82) is 0 Å². The SMILES string of the molecule is C=C(C)CN(CC)C(=O)COc1ccc(C(=O)OC)cc1Br. The molecule has 1 aromatic carbocycles. The van der Waals surface area contributed by atoms with E-state index in [2.05, 4.69) is 27.2 Å². The van der Waals surface area contributed by atoms with Crippen LogP contribution in [-0.2, 0) is 9.53 Å². The summed E-state index contributed by atoms with van der Waals surface area (Å²) in [6.45, 7) is 8.62. The third-order valence-electron chi connectivity index (χ3n) is 2.90. The van der Waals surface area contributed by atoms with Crippen LogP contribution in [0, 0.1) is 0 Å². The van der Waals surface area contributed by atoms with Crippen LogP contribution in [0.1, 0.15) is 24.2 Å². The first kappa shape index (κ1) is 18.2. The van der Waals surface area contributed by atoms with Crippen LogP contribution in [-0.4, -0.2) is 43.6 Å². The summed E-state index contributed by atoms with van der Waals surface area (Å²) in [5.41, 5.74) is 1.32. The molecule has 22 heavy (non-hydrogen) atoms. The number of carbonyl (C=O) groups is 2. The van der Waals surface area contributed by atoms with Crippen LogP contribution in [0.2, 0.25) is 0 Å². The third-order valence-corrected chi connectivity index (χ3v) is 3.52. The molecule has 0 spiro atoms. The number of benzene rings is 1. The van der Waals surface area contributed by atoms with Crippen LogP contribution in [0.3, 0.4) is 0 Å². The van der Waals surface area contributed by atoms with E-state index in [1.165, 1.54) is 7.11 Å². The Hall–Kier alpha value is -1.82. The molecule has 0 aliphatic heterocycles. The van der Waals surface area contributed by atoms with Gasteiger partial charge < -0.3 is 14.4 Å². The van der Waals surface area contributed by atoms with Crippen molar-refractivity contribution < 1.29 is 19.1 Å². The topological polar surface area (TPSA) is 55.8 Å². The van der Waals surface area contributed by atoms with E-state index in [9.17, 15) is 9.59 Å². The number of esters is 1. The average Bonchev–Trinajstić information content (AvgIpc) is 2.49. The fourth-order valence-corrected chi connectivity index (χ4v) is 2.29. The molecular formula is C16H20BrNO4. The zero-order chi connectivity index (χ0) is 16.7. The van der Waals surface area contributed by atoms with E-state index in [1.54, 1.807) is 23.1 Å². The predicted molar refractivity (Wildman–Crippen MR) is 88.0 cm³/mol. The summed E-state index contributed by atoms with van der Waals surface area (Å²) in [7, 11) is 1.32. The number of methoxy groups -OCH3 is 1. The van der Waals surface area contributed by atoms with Gasteiger partial charge in [0.15, 0.2) is 6.61 Å². The average molecular weight is 370 g/mol. The molecule has 1 rings (SSSR count). The number of likely N-dealkylation sites (N-methyl/N-ethyl adjacent to an activating group) is 1. The second-order valence-corrected chi connectivity index (χ2v) is 5.64. The zero-order valence-electron chi connectivity index (χ0n) is 13.0. The normalized spacial score (nSPS) is 10.0. The lowest BCUT2D eigenvalue weighted by atomic mass is 10.2. The summed E-state index contributed by atoms with van der Waals surface area (Å²) in [6.07, 6.45) is 0. The minimum absolute atomic E-state index is 0.0721. The van der Waals surface area contributed by atoms with Crippen molar-refractivity contribution >= 4 is 27.8 Å². The van der Waals surface area contributed by atoms with E-state index in [1.807, 2.05) is 13.8 Å².